The van der Waals surface area contributed by atoms with Crippen molar-refractivity contribution in [2.75, 3.05) is 0 Å². The average Bonchev–Trinajstić information content (AvgIpc) is 2.90. The third kappa shape index (κ3) is 3.14. The van der Waals surface area contributed by atoms with Crippen LogP contribution in [0.4, 0.5) is 0 Å². The summed E-state index contributed by atoms with van der Waals surface area (Å²) in [4.78, 5) is 4.39. The normalized spacial score (nSPS) is 12.7. The summed E-state index contributed by atoms with van der Waals surface area (Å²) in [6.07, 6.45) is 3.76. The SMILES string of the molecule is CC(NCc1ncc(Br)cc1Br)c1nnc2ccccn12. The van der Waals surface area contributed by atoms with Gasteiger partial charge in [-0.1, -0.05) is 6.07 Å². The first-order valence-electron chi connectivity index (χ1n) is 6.48. The standard InChI is InChI=1S/C14H13Br2N5/c1-9(14-20-19-13-4-2-3-5-21(13)14)17-8-12-11(16)6-10(15)7-18-12/h2-7,9,17H,8H2,1H3. The maximum absolute atomic E-state index is 4.39. The summed E-state index contributed by atoms with van der Waals surface area (Å²) in [5.74, 6) is 0.888. The molecule has 0 aliphatic carbocycles. The van der Waals surface area contributed by atoms with Gasteiger partial charge in [0.1, 0.15) is 0 Å². The molecule has 3 rings (SSSR count). The van der Waals surface area contributed by atoms with Crippen LogP contribution in [0.1, 0.15) is 24.5 Å². The molecule has 0 spiro atoms. The zero-order valence-electron chi connectivity index (χ0n) is 11.3. The molecule has 108 valence electrons. The number of nitrogens with zero attached hydrogens (tertiary/aromatic N) is 4. The van der Waals surface area contributed by atoms with Crippen LogP contribution in [0.2, 0.25) is 0 Å². The van der Waals surface area contributed by atoms with E-state index < -0.39 is 0 Å². The van der Waals surface area contributed by atoms with E-state index in [-0.39, 0.29) is 6.04 Å². The van der Waals surface area contributed by atoms with Crippen LogP contribution in [0.3, 0.4) is 0 Å². The molecule has 0 aliphatic rings. The predicted molar refractivity (Wildman–Crippen MR) is 87.9 cm³/mol. The van der Waals surface area contributed by atoms with Gasteiger partial charge in [0.25, 0.3) is 0 Å². The molecule has 1 N–H and O–H groups in total. The van der Waals surface area contributed by atoms with Crippen molar-refractivity contribution in [3.63, 3.8) is 0 Å². The summed E-state index contributed by atoms with van der Waals surface area (Å²) in [6.45, 7) is 2.72. The molecule has 1 atom stereocenters. The number of hydrogen-bond acceptors (Lipinski definition) is 4. The van der Waals surface area contributed by atoms with Gasteiger partial charge in [-0.2, -0.15) is 0 Å². The average molecular weight is 411 g/mol. The van der Waals surface area contributed by atoms with Gasteiger partial charge in [0.05, 0.1) is 11.7 Å². The molecule has 7 heteroatoms. The minimum Gasteiger partial charge on any atom is -0.302 e. The van der Waals surface area contributed by atoms with Crippen LogP contribution in [0.15, 0.2) is 45.6 Å². The molecule has 0 bridgehead atoms. The minimum absolute atomic E-state index is 0.0692. The Bertz CT molecular complexity index is 771. The van der Waals surface area contributed by atoms with Crippen LogP contribution >= 0.6 is 31.9 Å². The predicted octanol–water partition coefficient (Wildman–Crippen LogP) is 3.50. The van der Waals surface area contributed by atoms with Crippen molar-refractivity contribution < 1.29 is 0 Å². The highest BCUT2D eigenvalue weighted by Crippen LogP contribution is 2.20. The summed E-state index contributed by atoms with van der Waals surface area (Å²) in [5, 5.41) is 11.8. The van der Waals surface area contributed by atoms with E-state index in [1.807, 2.05) is 34.9 Å². The van der Waals surface area contributed by atoms with Gasteiger partial charge < -0.3 is 5.32 Å². The van der Waals surface area contributed by atoms with Gasteiger partial charge in [0.2, 0.25) is 0 Å². The van der Waals surface area contributed by atoms with E-state index in [9.17, 15) is 0 Å². The quantitative estimate of drug-likeness (QED) is 0.715. The monoisotopic (exact) mass is 409 g/mol. The molecule has 1 unspecified atom stereocenters. The smallest absolute Gasteiger partial charge is 0.160 e. The molecule has 0 fully saturated rings. The van der Waals surface area contributed by atoms with Gasteiger partial charge in [-0.25, -0.2) is 0 Å². The minimum atomic E-state index is 0.0692. The second kappa shape index (κ2) is 6.21. The van der Waals surface area contributed by atoms with Gasteiger partial charge in [-0.3, -0.25) is 9.38 Å². The van der Waals surface area contributed by atoms with Crippen molar-refractivity contribution >= 4 is 37.5 Å². The molecule has 3 heterocycles. The molecule has 0 aliphatic heterocycles. The number of halogens is 2. The van der Waals surface area contributed by atoms with E-state index in [1.165, 1.54) is 0 Å². The van der Waals surface area contributed by atoms with Gasteiger partial charge in [0, 0.05) is 27.9 Å². The molecule has 3 aromatic heterocycles. The Balaban J connectivity index is 1.76. The summed E-state index contributed by atoms with van der Waals surface area (Å²) in [7, 11) is 0. The molecule has 21 heavy (non-hydrogen) atoms. The number of fused-ring (bicyclic) bond motifs is 1. The van der Waals surface area contributed by atoms with Crippen molar-refractivity contribution in [1.29, 1.82) is 0 Å². The lowest BCUT2D eigenvalue weighted by atomic mass is 10.3. The lowest BCUT2D eigenvalue weighted by molar-refractivity contribution is 0.535. The number of aromatic nitrogens is 4. The Labute approximate surface area is 139 Å². The molecular formula is C14H13Br2N5. The Kier molecular flexibility index (Phi) is 4.32. The maximum Gasteiger partial charge on any atom is 0.160 e. The number of hydrogen-bond donors (Lipinski definition) is 1. The van der Waals surface area contributed by atoms with Crippen molar-refractivity contribution in [2.45, 2.75) is 19.5 Å². The van der Waals surface area contributed by atoms with Gasteiger partial charge in [0.15, 0.2) is 11.5 Å². The third-order valence-corrected chi connectivity index (χ3v) is 4.31. The summed E-state index contributed by atoms with van der Waals surface area (Å²) < 4.78 is 3.92. The van der Waals surface area contributed by atoms with Crippen LogP contribution in [0.5, 0.6) is 0 Å². The molecule has 5 nitrogen and oxygen atoms in total. The van der Waals surface area contributed by atoms with Gasteiger partial charge in [-0.15, -0.1) is 10.2 Å². The van der Waals surface area contributed by atoms with Gasteiger partial charge >= 0.3 is 0 Å². The second-order valence-electron chi connectivity index (χ2n) is 4.67. The molecule has 0 radical (unpaired) electrons. The highest BCUT2D eigenvalue weighted by atomic mass is 79.9. The van der Waals surface area contributed by atoms with Crippen LogP contribution in [0, 0.1) is 0 Å². The summed E-state index contributed by atoms with van der Waals surface area (Å²) in [5.41, 5.74) is 1.81. The Morgan fingerprint density at radius 1 is 1.29 bits per heavy atom. The first-order valence-corrected chi connectivity index (χ1v) is 8.06. The van der Waals surface area contributed by atoms with Crippen molar-refractivity contribution in [1.82, 2.24) is 24.9 Å². The Hall–Kier alpha value is -1.31. The fourth-order valence-corrected chi connectivity index (χ4v) is 3.20. The van der Waals surface area contributed by atoms with E-state index in [4.69, 9.17) is 0 Å². The van der Waals surface area contributed by atoms with Crippen LogP contribution in [-0.2, 0) is 6.54 Å². The largest absolute Gasteiger partial charge is 0.302 e. The number of rotatable bonds is 4. The van der Waals surface area contributed by atoms with E-state index in [2.05, 4.69) is 59.3 Å². The Morgan fingerprint density at radius 2 is 2.14 bits per heavy atom. The fourth-order valence-electron chi connectivity index (χ4n) is 2.07. The van der Waals surface area contributed by atoms with Crippen molar-refractivity contribution in [3.8, 4) is 0 Å². The van der Waals surface area contributed by atoms with Crippen LogP contribution < -0.4 is 5.32 Å². The molecule has 0 saturated heterocycles. The summed E-state index contributed by atoms with van der Waals surface area (Å²) >= 11 is 6.92. The highest BCUT2D eigenvalue weighted by molar-refractivity contribution is 9.11. The molecule has 0 amide bonds. The lowest BCUT2D eigenvalue weighted by Crippen LogP contribution is -2.21. The maximum atomic E-state index is 4.39. The van der Waals surface area contributed by atoms with E-state index in [0.29, 0.717) is 6.54 Å². The first kappa shape index (κ1) is 14.6. The Morgan fingerprint density at radius 3 is 2.95 bits per heavy atom. The topological polar surface area (TPSA) is 55.1 Å². The third-order valence-electron chi connectivity index (χ3n) is 3.19. The fraction of sp³-hybridized carbons (Fsp3) is 0.214. The zero-order chi connectivity index (χ0) is 14.8. The van der Waals surface area contributed by atoms with Crippen molar-refractivity contribution in [2.24, 2.45) is 0 Å². The molecular weight excluding hydrogens is 398 g/mol. The van der Waals surface area contributed by atoms with Crippen molar-refractivity contribution in [3.05, 3.63) is 57.1 Å². The van der Waals surface area contributed by atoms with Crippen LogP contribution in [0.25, 0.3) is 5.65 Å². The second-order valence-corrected chi connectivity index (χ2v) is 6.44. The molecule has 3 aromatic rings. The van der Waals surface area contributed by atoms with E-state index in [1.54, 1.807) is 6.20 Å². The van der Waals surface area contributed by atoms with Crippen LogP contribution in [-0.4, -0.2) is 19.6 Å². The number of nitrogens with one attached hydrogen (secondary N) is 1. The lowest BCUT2D eigenvalue weighted by Gasteiger charge is -2.12. The highest BCUT2D eigenvalue weighted by Gasteiger charge is 2.13. The summed E-state index contributed by atoms with van der Waals surface area (Å²) in [6, 6.07) is 7.92. The zero-order valence-corrected chi connectivity index (χ0v) is 14.5. The molecule has 0 aromatic carbocycles. The van der Waals surface area contributed by atoms with E-state index >= 15 is 0 Å². The first-order chi connectivity index (χ1) is 10.1. The number of pyridine rings is 2. The van der Waals surface area contributed by atoms with E-state index in [0.717, 1.165) is 26.1 Å². The van der Waals surface area contributed by atoms with Gasteiger partial charge in [-0.05, 0) is 57.0 Å². The molecule has 0 saturated carbocycles.